The molecule has 1 aromatic rings. The third-order valence-corrected chi connectivity index (χ3v) is 2.23. The van der Waals surface area contributed by atoms with Crippen LogP contribution in [-0.2, 0) is 6.42 Å². The zero-order valence-electron chi connectivity index (χ0n) is 8.87. The Morgan fingerprint density at radius 1 is 1.21 bits per heavy atom. The minimum absolute atomic E-state index is 1.14. The van der Waals surface area contributed by atoms with Crippen molar-refractivity contribution in [1.82, 2.24) is 0 Å². The molecule has 0 heteroatoms. The van der Waals surface area contributed by atoms with Crippen molar-refractivity contribution in [2.45, 2.75) is 26.2 Å². The lowest BCUT2D eigenvalue weighted by molar-refractivity contribution is 0.842. The number of allylic oxidation sites excluding steroid dienone is 3. The van der Waals surface area contributed by atoms with Crippen molar-refractivity contribution in [2.24, 2.45) is 0 Å². The van der Waals surface area contributed by atoms with Crippen molar-refractivity contribution in [3.63, 3.8) is 0 Å². The molecule has 0 radical (unpaired) electrons. The van der Waals surface area contributed by atoms with Gasteiger partial charge >= 0.3 is 0 Å². The summed E-state index contributed by atoms with van der Waals surface area (Å²) < 4.78 is 0. The molecule has 0 heterocycles. The number of hydrogen-bond donors (Lipinski definition) is 0. The monoisotopic (exact) mass is 186 g/mol. The summed E-state index contributed by atoms with van der Waals surface area (Å²) in [7, 11) is 0. The van der Waals surface area contributed by atoms with Gasteiger partial charge in [0, 0.05) is 0 Å². The van der Waals surface area contributed by atoms with Gasteiger partial charge in [0.2, 0.25) is 0 Å². The predicted molar refractivity (Wildman–Crippen MR) is 63.5 cm³/mol. The van der Waals surface area contributed by atoms with Crippen LogP contribution in [0.1, 0.15) is 24.0 Å². The molecule has 1 aromatic carbocycles. The molecule has 0 spiro atoms. The van der Waals surface area contributed by atoms with Gasteiger partial charge in [-0.1, -0.05) is 54.6 Å². The van der Waals surface area contributed by atoms with Crippen LogP contribution < -0.4 is 0 Å². The van der Waals surface area contributed by atoms with Crippen molar-refractivity contribution < 1.29 is 0 Å². The molecule has 74 valence electrons. The summed E-state index contributed by atoms with van der Waals surface area (Å²) in [5.41, 5.74) is 2.77. The Kier molecular flexibility index (Phi) is 4.77. The number of rotatable bonds is 5. The Bertz CT molecular complexity index is 290. The second kappa shape index (κ2) is 6.20. The zero-order valence-corrected chi connectivity index (χ0v) is 8.87. The first-order valence-electron chi connectivity index (χ1n) is 5.16. The quantitative estimate of drug-likeness (QED) is 0.480. The van der Waals surface area contributed by atoms with Crippen molar-refractivity contribution in [1.29, 1.82) is 0 Å². The summed E-state index contributed by atoms with van der Waals surface area (Å²) in [4.78, 5) is 0. The lowest BCUT2D eigenvalue weighted by Gasteiger charge is -1.99. The molecule has 0 bridgehead atoms. The molecule has 0 nitrogen and oxygen atoms in total. The third-order valence-electron chi connectivity index (χ3n) is 2.23. The topological polar surface area (TPSA) is 0 Å². The molecule has 0 unspecified atom stereocenters. The van der Waals surface area contributed by atoms with E-state index in [2.05, 4.69) is 43.8 Å². The second-order valence-corrected chi connectivity index (χ2v) is 3.54. The molecule has 0 saturated carbocycles. The van der Waals surface area contributed by atoms with E-state index in [1.54, 1.807) is 0 Å². The summed E-state index contributed by atoms with van der Waals surface area (Å²) in [5, 5.41) is 0. The first-order valence-corrected chi connectivity index (χ1v) is 5.16. The van der Waals surface area contributed by atoms with Gasteiger partial charge in [-0.2, -0.15) is 0 Å². The fourth-order valence-electron chi connectivity index (χ4n) is 1.37. The zero-order chi connectivity index (χ0) is 10.2. The van der Waals surface area contributed by atoms with Crippen molar-refractivity contribution in [3.8, 4) is 0 Å². The van der Waals surface area contributed by atoms with E-state index in [1.807, 2.05) is 12.2 Å². The minimum atomic E-state index is 1.14. The highest BCUT2D eigenvalue weighted by molar-refractivity contribution is 5.21. The van der Waals surface area contributed by atoms with Gasteiger partial charge in [0.05, 0.1) is 0 Å². The normalized spacial score (nSPS) is 10.6. The molecular weight excluding hydrogens is 168 g/mol. The van der Waals surface area contributed by atoms with Crippen LogP contribution in [0.15, 0.2) is 49.1 Å². The molecule has 0 fully saturated rings. The van der Waals surface area contributed by atoms with E-state index in [0.717, 1.165) is 6.42 Å². The standard InChI is InChI=1S/C14H18/c1-3-4-5-6-7-8-14-11-9-13(2)10-12-14/h3-5,9-12H,1,6-8H2,2H3/b5-4+. The van der Waals surface area contributed by atoms with Crippen LogP contribution in [0.5, 0.6) is 0 Å². The second-order valence-electron chi connectivity index (χ2n) is 3.54. The van der Waals surface area contributed by atoms with Gasteiger partial charge in [0.15, 0.2) is 0 Å². The Hall–Kier alpha value is -1.30. The Morgan fingerprint density at radius 3 is 2.57 bits per heavy atom. The highest BCUT2D eigenvalue weighted by Gasteiger charge is 1.91. The van der Waals surface area contributed by atoms with Crippen LogP contribution in [-0.4, -0.2) is 0 Å². The summed E-state index contributed by atoms with van der Waals surface area (Å²) in [5.74, 6) is 0. The fraction of sp³-hybridized carbons (Fsp3) is 0.286. The molecule has 0 aliphatic rings. The van der Waals surface area contributed by atoms with Crippen molar-refractivity contribution in [3.05, 3.63) is 60.2 Å². The van der Waals surface area contributed by atoms with E-state index in [4.69, 9.17) is 0 Å². The van der Waals surface area contributed by atoms with Crippen LogP contribution in [0, 0.1) is 6.92 Å². The number of hydrogen-bond acceptors (Lipinski definition) is 0. The average molecular weight is 186 g/mol. The van der Waals surface area contributed by atoms with Gasteiger partial charge in [0.1, 0.15) is 0 Å². The van der Waals surface area contributed by atoms with Crippen LogP contribution in [0.2, 0.25) is 0 Å². The summed E-state index contributed by atoms with van der Waals surface area (Å²) >= 11 is 0. The Labute approximate surface area is 87.0 Å². The Morgan fingerprint density at radius 2 is 1.93 bits per heavy atom. The minimum Gasteiger partial charge on any atom is -0.0991 e. The van der Waals surface area contributed by atoms with Gasteiger partial charge in [-0.3, -0.25) is 0 Å². The molecule has 0 amide bonds. The molecule has 0 aliphatic carbocycles. The van der Waals surface area contributed by atoms with Gasteiger partial charge in [-0.25, -0.2) is 0 Å². The first-order chi connectivity index (χ1) is 6.83. The smallest absolute Gasteiger partial charge is 0.0276 e. The number of benzene rings is 1. The molecule has 0 aromatic heterocycles. The molecule has 0 atom stereocenters. The summed E-state index contributed by atoms with van der Waals surface area (Å²) in [6, 6.07) is 8.78. The van der Waals surface area contributed by atoms with Gasteiger partial charge in [-0.05, 0) is 31.7 Å². The van der Waals surface area contributed by atoms with E-state index in [-0.39, 0.29) is 0 Å². The summed E-state index contributed by atoms with van der Waals surface area (Å²) in [6.07, 6.45) is 9.53. The lowest BCUT2D eigenvalue weighted by Crippen LogP contribution is -1.84. The van der Waals surface area contributed by atoms with E-state index in [1.165, 1.54) is 24.0 Å². The maximum Gasteiger partial charge on any atom is -0.0276 e. The van der Waals surface area contributed by atoms with Gasteiger partial charge < -0.3 is 0 Å². The van der Waals surface area contributed by atoms with Crippen LogP contribution in [0.4, 0.5) is 0 Å². The lowest BCUT2D eigenvalue weighted by atomic mass is 10.1. The molecular formula is C14H18. The van der Waals surface area contributed by atoms with E-state index >= 15 is 0 Å². The van der Waals surface area contributed by atoms with Gasteiger partial charge in [0.25, 0.3) is 0 Å². The number of unbranched alkanes of at least 4 members (excludes halogenated alkanes) is 1. The third kappa shape index (κ3) is 4.08. The molecule has 0 aliphatic heterocycles. The maximum absolute atomic E-state index is 3.64. The largest absolute Gasteiger partial charge is 0.0991 e. The highest BCUT2D eigenvalue weighted by Crippen LogP contribution is 2.07. The van der Waals surface area contributed by atoms with Crippen molar-refractivity contribution >= 4 is 0 Å². The van der Waals surface area contributed by atoms with E-state index in [9.17, 15) is 0 Å². The summed E-state index contributed by atoms with van der Waals surface area (Å²) in [6.45, 7) is 5.76. The van der Waals surface area contributed by atoms with E-state index in [0.29, 0.717) is 0 Å². The average Bonchev–Trinajstić information content (AvgIpc) is 2.21. The molecule has 0 N–H and O–H groups in total. The first kappa shape index (κ1) is 10.8. The van der Waals surface area contributed by atoms with Crippen LogP contribution >= 0.6 is 0 Å². The van der Waals surface area contributed by atoms with Crippen molar-refractivity contribution in [2.75, 3.05) is 0 Å². The molecule has 14 heavy (non-hydrogen) atoms. The predicted octanol–water partition coefficient (Wildman–Crippen LogP) is 4.06. The maximum atomic E-state index is 3.64. The fourth-order valence-corrected chi connectivity index (χ4v) is 1.37. The van der Waals surface area contributed by atoms with Gasteiger partial charge in [-0.15, -0.1) is 0 Å². The Balaban J connectivity index is 2.28. The van der Waals surface area contributed by atoms with Crippen LogP contribution in [0.25, 0.3) is 0 Å². The molecule has 1 rings (SSSR count). The highest BCUT2D eigenvalue weighted by atomic mass is 14.0. The number of aryl methyl sites for hydroxylation is 2. The van der Waals surface area contributed by atoms with E-state index < -0.39 is 0 Å². The SMILES string of the molecule is C=C/C=C/CCCc1ccc(C)cc1. The van der Waals surface area contributed by atoms with Crippen LogP contribution in [0.3, 0.4) is 0 Å². The molecule has 0 saturated heterocycles.